The second-order valence-corrected chi connectivity index (χ2v) is 4.91. The molecule has 0 aromatic rings. The van der Waals surface area contributed by atoms with Crippen LogP contribution in [0.25, 0.3) is 0 Å². The van der Waals surface area contributed by atoms with Crippen molar-refractivity contribution < 1.29 is 10.0 Å². The fourth-order valence-corrected chi connectivity index (χ4v) is 2.18. The molecule has 0 aliphatic rings. The third kappa shape index (κ3) is 4.74. The first kappa shape index (κ1) is 15.1. The van der Waals surface area contributed by atoms with Gasteiger partial charge < -0.3 is 16.3 Å². The fourth-order valence-electron chi connectivity index (χ4n) is 1.38. The number of oxime groups is 1. The molecular formula is C10H21N3O2S. The van der Waals surface area contributed by atoms with Crippen LogP contribution in [0.2, 0.25) is 0 Å². The van der Waals surface area contributed by atoms with Gasteiger partial charge in [0.25, 0.3) is 0 Å². The number of thioether (sulfide) groups is 1. The Morgan fingerprint density at radius 3 is 2.44 bits per heavy atom. The van der Waals surface area contributed by atoms with Crippen LogP contribution in [0.1, 0.15) is 33.1 Å². The van der Waals surface area contributed by atoms with Crippen LogP contribution >= 0.6 is 11.8 Å². The van der Waals surface area contributed by atoms with Crippen LogP contribution in [0.4, 0.5) is 0 Å². The molecule has 0 saturated heterocycles. The van der Waals surface area contributed by atoms with E-state index in [9.17, 15) is 4.79 Å². The van der Waals surface area contributed by atoms with Gasteiger partial charge in [-0.15, -0.1) is 0 Å². The Kier molecular flexibility index (Phi) is 6.96. The van der Waals surface area contributed by atoms with Gasteiger partial charge in [-0.2, -0.15) is 11.8 Å². The number of rotatable bonds is 7. The molecule has 0 unspecified atom stereocenters. The van der Waals surface area contributed by atoms with Crippen LogP contribution in [0.3, 0.4) is 0 Å². The summed E-state index contributed by atoms with van der Waals surface area (Å²) in [6.45, 7) is 4.82. The minimum Gasteiger partial charge on any atom is -0.409 e. The van der Waals surface area contributed by atoms with Crippen molar-refractivity contribution in [3.63, 3.8) is 0 Å². The van der Waals surface area contributed by atoms with Crippen molar-refractivity contribution in [1.29, 1.82) is 0 Å². The number of nitrogens with one attached hydrogen (secondary N) is 1. The molecule has 0 radical (unpaired) electrons. The zero-order valence-corrected chi connectivity index (χ0v) is 10.9. The predicted molar refractivity (Wildman–Crippen MR) is 67.9 cm³/mol. The third-order valence-electron chi connectivity index (χ3n) is 2.80. The van der Waals surface area contributed by atoms with Crippen LogP contribution in [0, 0.1) is 0 Å². The van der Waals surface area contributed by atoms with Crippen LogP contribution in [0.15, 0.2) is 5.16 Å². The van der Waals surface area contributed by atoms with Gasteiger partial charge in [-0.05, 0) is 19.1 Å². The zero-order chi connectivity index (χ0) is 12.6. The normalized spacial score (nSPS) is 12.6. The van der Waals surface area contributed by atoms with Gasteiger partial charge in [0.05, 0.1) is 6.42 Å². The molecular weight excluding hydrogens is 226 g/mol. The Morgan fingerprint density at radius 1 is 1.50 bits per heavy atom. The van der Waals surface area contributed by atoms with Gasteiger partial charge in [0.2, 0.25) is 5.91 Å². The van der Waals surface area contributed by atoms with Crippen molar-refractivity contribution in [2.45, 2.75) is 37.9 Å². The van der Waals surface area contributed by atoms with E-state index in [-0.39, 0.29) is 22.9 Å². The fraction of sp³-hybridized carbons (Fsp3) is 0.800. The Bertz CT molecular complexity index is 244. The lowest BCUT2D eigenvalue weighted by Crippen LogP contribution is -2.40. The highest BCUT2D eigenvalue weighted by molar-refractivity contribution is 8.00. The minimum absolute atomic E-state index is 0.0611. The van der Waals surface area contributed by atoms with Gasteiger partial charge >= 0.3 is 0 Å². The summed E-state index contributed by atoms with van der Waals surface area (Å²) in [6.07, 6.45) is 3.97. The first-order valence-electron chi connectivity index (χ1n) is 5.31. The maximum atomic E-state index is 11.4. The first-order valence-corrected chi connectivity index (χ1v) is 6.54. The largest absolute Gasteiger partial charge is 0.409 e. The molecule has 0 bridgehead atoms. The van der Waals surface area contributed by atoms with E-state index in [0.717, 1.165) is 12.8 Å². The molecule has 0 aromatic carbocycles. The Morgan fingerprint density at radius 2 is 2.06 bits per heavy atom. The number of amides is 1. The molecule has 0 saturated carbocycles. The lowest BCUT2D eigenvalue weighted by Gasteiger charge is -2.29. The molecule has 4 N–H and O–H groups in total. The van der Waals surface area contributed by atoms with Crippen molar-refractivity contribution >= 4 is 23.5 Å². The summed E-state index contributed by atoms with van der Waals surface area (Å²) in [7, 11) is 0. The Hall–Kier alpha value is -0.910. The number of hydrogen-bond donors (Lipinski definition) is 3. The lowest BCUT2D eigenvalue weighted by molar-refractivity contribution is -0.120. The van der Waals surface area contributed by atoms with E-state index < -0.39 is 0 Å². The zero-order valence-electron chi connectivity index (χ0n) is 10.1. The van der Waals surface area contributed by atoms with Gasteiger partial charge in [0.15, 0.2) is 0 Å². The summed E-state index contributed by atoms with van der Waals surface area (Å²) in [6, 6.07) is 0. The monoisotopic (exact) mass is 247 g/mol. The van der Waals surface area contributed by atoms with Gasteiger partial charge in [-0.1, -0.05) is 19.0 Å². The van der Waals surface area contributed by atoms with Crippen LogP contribution in [-0.4, -0.2) is 34.5 Å². The average Bonchev–Trinajstić information content (AvgIpc) is 2.31. The van der Waals surface area contributed by atoms with Gasteiger partial charge in [0, 0.05) is 11.3 Å². The van der Waals surface area contributed by atoms with Gasteiger partial charge in [-0.25, -0.2) is 0 Å². The molecule has 0 aromatic heterocycles. The number of amidine groups is 1. The second-order valence-electron chi connectivity index (χ2n) is 3.64. The number of nitrogens with two attached hydrogens (primary N) is 1. The SMILES string of the molecule is CCC(CC)(CNC(=O)CC(N)=NO)SC. The molecule has 6 heteroatoms. The van der Waals surface area contributed by atoms with E-state index in [0.29, 0.717) is 6.54 Å². The van der Waals surface area contributed by atoms with Crippen molar-refractivity contribution in [3.8, 4) is 0 Å². The van der Waals surface area contributed by atoms with Crippen LogP contribution in [-0.2, 0) is 4.79 Å². The van der Waals surface area contributed by atoms with Crippen LogP contribution < -0.4 is 11.1 Å². The predicted octanol–water partition coefficient (Wildman–Crippen LogP) is 1.16. The van der Waals surface area contributed by atoms with Crippen molar-refractivity contribution in [2.75, 3.05) is 12.8 Å². The lowest BCUT2D eigenvalue weighted by atomic mass is 10.0. The summed E-state index contributed by atoms with van der Waals surface area (Å²) in [5.41, 5.74) is 5.24. The molecule has 94 valence electrons. The highest BCUT2D eigenvalue weighted by atomic mass is 32.2. The third-order valence-corrected chi connectivity index (χ3v) is 4.39. The average molecular weight is 247 g/mol. The van der Waals surface area contributed by atoms with E-state index in [2.05, 4.69) is 24.3 Å². The number of nitrogens with zero attached hydrogens (tertiary/aromatic N) is 1. The molecule has 0 aliphatic heterocycles. The Balaban J connectivity index is 4.16. The standard InChI is InChI=1S/C10H21N3O2S/c1-4-10(5-2,16-3)7-12-9(14)6-8(11)13-15/h15H,4-7H2,1-3H3,(H2,11,13)(H,12,14). The first-order chi connectivity index (χ1) is 7.53. The topological polar surface area (TPSA) is 87.7 Å². The van der Waals surface area contributed by atoms with E-state index in [1.165, 1.54) is 0 Å². The van der Waals surface area contributed by atoms with Crippen molar-refractivity contribution in [1.82, 2.24) is 5.32 Å². The van der Waals surface area contributed by atoms with E-state index in [4.69, 9.17) is 10.9 Å². The number of carbonyl (C=O) groups is 1. The summed E-state index contributed by atoms with van der Waals surface area (Å²) in [4.78, 5) is 11.4. The van der Waals surface area contributed by atoms with Crippen molar-refractivity contribution in [3.05, 3.63) is 0 Å². The quantitative estimate of drug-likeness (QED) is 0.273. The smallest absolute Gasteiger partial charge is 0.227 e. The molecule has 0 rings (SSSR count). The second kappa shape index (κ2) is 7.38. The van der Waals surface area contributed by atoms with E-state index >= 15 is 0 Å². The molecule has 0 atom stereocenters. The molecule has 1 amide bonds. The highest BCUT2D eigenvalue weighted by Gasteiger charge is 2.25. The summed E-state index contributed by atoms with van der Waals surface area (Å²) < 4.78 is 0.0841. The molecule has 0 aliphatic carbocycles. The summed E-state index contributed by atoms with van der Waals surface area (Å²) in [5, 5.41) is 13.9. The molecule has 16 heavy (non-hydrogen) atoms. The molecule has 0 fully saturated rings. The maximum Gasteiger partial charge on any atom is 0.227 e. The van der Waals surface area contributed by atoms with E-state index in [1.807, 2.05) is 6.26 Å². The maximum absolute atomic E-state index is 11.4. The molecule has 5 nitrogen and oxygen atoms in total. The molecule has 0 heterocycles. The minimum atomic E-state index is -0.212. The number of carbonyl (C=O) groups excluding carboxylic acids is 1. The molecule has 0 spiro atoms. The van der Waals surface area contributed by atoms with Crippen molar-refractivity contribution in [2.24, 2.45) is 10.9 Å². The van der Waals surface area contributed by atoms with Crippen LogP contribution in [0.5, 0.6) is 0 Å². The summed E-state index contributed by atoms with van der Waals surface area (Å²) >= 11 is 1.76. The number of hydrogen-bond acceptors (Lipinski definition) is 4. The van der Waals surface area contributed by atoms with Gasteiger partial charge in [-0.3, -0.25) is 4.79 Å². The highest BCUT2D eigenvalue weighted by Crippen LogP contribution is 2.29. The Labute approximate surface area is 101 Å². The van der Waals surface area contributed by atoms with Gasteiger partial charge in [0.1, 0.15) is 5.84 Å². The van der Waals surface area contributed by atoms with E-state index in [1.54, 1.807) is 11.8 Å². The summed E-state index contributed by atoms with van der Waals surface area (Å²) in [5.74, 6) is -0.282.